The van der Waals surface area contributed by atoms with Gasteiger partial charge in [-0.05, 0) is 30.3 Å². The minimum atomic E-state index is -0.173. The van der Waals surface area contributed by atoms with Crippen molar-refractivity contribution in [3.8, 4) is 17.2 Å². The molecular weight excluding hydrogens is 508 g/mol. The predicted molar refractivity (Wildman–Crippen MR) is 134 cm³/mol. The van der Waals surface area contributed by atoms with Crippen LogP contribution in [0.15, 0.2) is 34.8 Å². The molecule has 0 aliphatic carbocycles. The molecule has 1 aliphatic heterocycles. The molecule has 0 saturated carbocycles. The zero-order valence-electron chi connectivity index (χ0n) is 18.9. The van der Waals surface area contributed by atoms with Crippen molar-refractivity contribution in [2.24, 2.45) is 0 Å². The minimum Gasteiger partial charge on any atom is -0.493 e. The summed E-state index contributed by atoms with van der Waals surface area (Å²) in [5.74, 6) is 1.21. The van der Waals surface area contributed by atoms with Gasteiger partial charge in [0.1, 0.15) is 0 Å². The molecule has 1 N–H and O–H groups in total. The quantitative estimate of drug-likeness (QED) is 0.472. The van der Waals surface area contributed by atoms with Crippen LogP contribution in [0.2, 0.25) is 0 Å². The number of rotatable bonds is 8. The second-order valence-corrected chi connectivity index (χ2v) is 9.53. The van der Waals surface area contributed by atoms with Crippen molar-refractivity contribution >= 4 is 48.5 Å². The lowest BCUT2D eigenvalue weighted by molar-refractivity contribution is 0.0947. The molecule has 10 heteroatoms. The second kappa shape index (κ2) is 10.6. The maximum atomic E-state index is 12.7. The van der Waals surface area contributed by atoms with E-state index in [0.29, 0.717) is 29.4 Å². The van der Waals surface area contributed by atoms with E-state index in [4.69, 9.17) is 19.2 Å². The fourth-order valence-electron chi connectivity index (χ4n) is 3.83. The van der Waals surface area contributed by atoms with E-state index >= 15 is 0 Å². The van der Waals surface area contributed by atoms with Gasteiger partial charge in [0.05, 0.1) is 31.5 Å². The van der Waals surface area contributed by atoms with Crippen LogP contribution in [0.5, 0.6) is 17.2 Å². The Hall–Kier alpha value is -2.56. The van der Waals surface area contributed by atoms with Crippen LogP contribution in [0.25, 0.3) is 10.2 Å². The fraction of sp³-hybridized carbons (Fsp3) is 0.391. The number of hydrogen-bond acceptors (Lipinski definition) is 8. The molecule has 0 radical (unpaired) electrons. The molecule has 2 heterocycles. The molecule has 8 nitrogen and oxygen atoms in total. The highest BCUT2D eigenvalue weighted by molar-refractivity contribution is 9.10. The van der Waals surface area contributed by atoms with E-state index in [9.17, 15) is 4.79 Å². The highest BCUT2D eigenvalue weighted by Gasteiger charge is 2.21. The van der Waals surface area contributed by atoms with Gasteiger partial charge in [0.25, 0.3) is 5.91 Å². The number of halogens is 1. The number of aromatic nitrogens is 1. The molecule has 176 valence electrons. The number of nitrogens with one attached hydrogen (secondary N) is 1. The van der Waals surface area contributed by atoms with Crippen molar-refractivity contribution in [2.45, 2.75) is 0 Å². The van der Waals surface area contributed by atoms with Gasteiger partial charge in [-0.2, -0.15) is 0 Å². The molecule has 1 saturated heterocycles. The van der Waals surface area contributed by atoms with Crippen molar-refractivity contribution in [1.82, 2.24) is 15.2 Å². The maximum Gasteiger partial charge on any atom is 0.251 e. The molecule has 3 aromatic rings. The van der Waals surface area contributed by atoms with Gasteiger partial charge >= 0.3 is 0 Å². The molecule has 0 bridgehead atoms. The van der Waals surface area contributed by atoms with Crippen LogP contribution in [-0.2, 0) is 0 Å². The number of anilines is 1. The summed E-state index contributed by atoms with van der Waals surface area (Å²) in [6, 6.07) is 9.50. The molecule has 1 aliphatic rings. The highest BCUT2D eigenvalue weighted by atomic mass is 79.9. The topological polar surface area (TPSA) is 76.2 Å². The first kappa shape index (κ1) is 23.6. The Morgan fingerprint density at radius 2 is 1.76 bits per heavy atom. The van der Waals surface area contributed by atoms with Crippen LogP contribution in [0.4, 0.5) is 5.13 Å². The average Bonchev–Trinajstić information content (AvgIpc) is 3.26. The largest absolute Gasteiger partial charge is 0.493 e. The van der Waals surface area contributed by atoms with E-state index in [1.54, 1.807) is 23.5 Å². The van der Waals surface area contributed by atoms with E-state index in [0.717, 1.165) is 47.8 Å². The van der Waals surface area contributed by atoms with Gasteiger partial charge in [0.15, 0.2) is 16.6 Å². The molecule has 0 unspecified atom stereocenters. The Labute approximate surface area is 205 Å². The normalized spacial score (nSPS) is 14.4. The first-order chi connectivity index (χ1) is 16.0. The van der Waals surface area contributed by atoms with Gasteiger partial charge in [-0.25, -0.2) is 4.98 Å². The summed E-state index contributed by atoms with van der Waals surface area (Å²) < 4.78 is 18.3. The zero-order valence-corrected chi connectivity index (χ0v) is 21.3. The number of benzene rings is 2. The highest BCUT2D eigenvalue weighted by Crippen LogP contribution is 2.38. The Kier molecular flexibility index (Phi) is 7.56. The number of thiazole rings is 1. The fourth-order valence-corrected chi connectivity index (χ4v) is 5.40. The zero-order chi connectivity index (χ0) is 23.4. The number of carbonyl (C=O) groups is 1. The minimum absolute atomic E-state index is 0.173. The van der Waals surface area contributed by atoms with Gasteiger partial charge < -0.3 is 24.4 Å². The first-order valence-electron chi connectivity index (χ1n) is 10.6. The van der Waals surface area contributed by atoms with Crippen molar-refractivity contribution in [3.63, 3.8) is 0 Å². The lowest BCUT2D eigenvalue weighted by atomic mass is 10.1. The van der Waals surface area contributed by atoms with E-state index < -0.39 is 0 Å². The summed E-state index contributed by atoms with van der Waals surface area (Å²) >= 11 is 5.25. The SMILES string of the molecule is COc1cc(C(=O)NCCN2CCN(c3nc4ccc(Br)cc4s3)CC2)cc(OC)c1OC. The van der Waals surface area contributed by atoms with Crippen molar-refractivity contribution < 1.29 is 19.0 Å². The van der Waals surface area contributed by atoms with Gasteiger partial charge in [-0.1, -0.05) is 27.3 Å². The third kappa shape index (κ3) is 5.34. The average molecular weight is 535 g/mol. The van der Waals surface area contributed by atoms with Crippen LogP contribution in [0, 0.1) is 0 Å². The van der Waals surface area contributed by atoms with Crippen LogP contribution >= 0.6 is 27.3 Å². The number of ether oxygens (including phenoxy) is 3. The molecule has 0 spiro atoms. The second-order valence-electron chi connectivity index (χ2n) is 7.61. The lowest BCUT2D eigenvalue weighted by Crippen LogP contribution is -2.48. The molecule has 0 atom stereocenters. The van der Waals surface area contributed by atoms with Crippen molar-refractivity contribution in [1.29, 1.82) is 0 Å². The van der Waals surface area contributed by atoms with Gasteiger partial charge in [0, 0.05) is 49.3 Å². The summed E-state index contributed by atoms with van der Waals surface area (Å²) in [6.45, 7) is 5.05. The smallest absolute Gasteiger partial charge is 0.251 e. The van der Waals surface area contributed by atoms with Crippen LogP contribution in [0.1, 0.15) is 10.4 Å². The molecule has 1 aromatic heterocycles. The van der Waals surface area contributed by atoms with Gasteiger partial charge in [0.2, 0.25) is 5.75 Å². The molecule has 2 aromatic carbocycles. The first-order valence-corrected chi connectivity index (χ1v) is 12.2. The molecule has 33 heavy (non-hydrogen) atoms. The van der Waals surface area contributed by atoms with E-state index in [2.05, 4.69) is 37.1 Å². The Bertz CT molecular complexity index is 1110. The summed E-state index contributed by atoms with van der Waals surface area (Å²) in [4.78, 5) is 22.1. The molecule has 1 fully saturated rings. The summed E-state index contributed by atoms with van der Waals surface area (Å²) in [7, 11) is 4.60. The number of fused-ring (bicyclic) bond motifs is 1. The molecular formula is C23H27BrN4O4S. The Balaban J connectivity index is 1.28. The third-order valence-corrected chi connectivity index (χ3v) is 7.19. The monoisotopic (exact) mass is 534 g/mol. The van der Waals surface area contributed by atoms with Crippen LogP contribution in [-0.4, -0.2) is 76.4 Å². The maximum absolute atomic E-state index is 12.7. The van der Waals surface area contributed by atoms with Gasteiger partial charge in [-0.3, -0.25) is 9.69 Å². The number of piperazine rings is 1. The van der Waals surface area contributed by atoms with E-state index in [-0.39, 0.29) is 5.91 Å². The number of carbonyl (C=O) groups excluding carboxylic acids is 1. The molecule has 4 rings (SSSR count). The van der Waals surface area contributed by atoms with Crippen LogP contribution < -0.4 is 24.4 Å². The van der Waals surface area contributed by atoms with Crippen molar-refractivity contribution in [3.05, 3.63) is 40.4 Å². The summed E-state index contributed by atoms with van der Waals surface area (Å²) in [5, 5.41) is 4.06. The number of methoxy groups -OCH3 is 3. The number of nitrogens with zero attached hydrogens (tertiary/aromatic N) is 3. The number of hydrogen-bond donors (Lipinski definition) is 1. The standard InChI is InChI=1S/C23H27BrN4O4S/c1-30-18-12-15(13-19(31-2)21(18)32-3)22(29)25-6-7-27-8-10-28(11-9-27)23-26-17-5-4-16(24)14-20(17)33-23/h4-5,12-14H,6-11H2,1-3H3,(H,25,29). The van der Waals surface area contributed by atoms with Crippen LogP contribution in [0.3, 0.4) is 0 Å². The van der Waals surface area contributed by atoms with E-state index in [1.807, 2.05) is 12.1 Å². The van der Waals surface area contributed by atoms with E-state index in [1.165, 1.54) is 26.0 Å². The summed E-state index contributed by atoms with van der Waals surface area (Å²) in [6.07, 6.45) is 0. The van der Waals surface area contributed by atoms with Gasteiger partial charge in [-0.15, -0.1) is 0 Å². The summed E-state index contributed by atoms with van der Waals surface area (Å²) in [5.41, 5.74) is 1.51. The Morgan fingerprint density at radius 3 is 2.39 bits per heavy atom. The molecule has 1 amide bonds. The third-order valence-electron chi connectivity index (χ3n) is 5.62. The lowest BCUT2D eigenvalue weighted by Gasteiger charge is -2.34. The Morgan fingerprint density at radius 1 is 1.06 bits per heavy atom. The predicted octanol–water partition coefficient (Wildman–Crippen LogP) is 3.64. The van der Waals surface area contributed by atoms with Crippen molar-refractivity contribution in [2.75, 3.05) is 65.5 Å². The number of amides is 1.